The fraction of sp³-hybridized carbons (Fsp3) is 0.867. The second-order valence-electron chi connectivity index (χ2n) is 6.31. The number of carbonyl (C=O) groups is 2. The SMILES string of the molecule is CNC(=O)[C@@H]1CN(C(=O)CC2CCCC2)[C@H]2CCO[C@@H]12. The van der Waals surface area contributed by atoms with Crippen molar-refractivity contribution >= 4 is 11.8 Å². The molecular formula is C15H24N2O3. The van der Waals surface area contributed by atoms with Crippen LogP contribution < -0.4 is 5.32 Å². The molecule has 0 spiro atoms. The average molecular weight is 280 g/mol. The highest BCUT2D eigenvalue weighted by Gasteiger charge is 2.50. The van der Waals surface area contributed by atoms with Gasteiger partial charge in [-0.15, -0.1) is 0 Å². The first kappa shape index (κ1) is 13.9. The molecule has 0 bridgehead atoms. The van der Waals surface area contributed by atoms with Crippen LogP contribution in [0.3, 0.4) is 0 Å². The molecule has 2 saturated heterocycles. The Morgan fingerprint density at radius 1 is 1.25 bits per heavy atom. The summed E-state index contributed by atoms with van der Waals surface area (Å²) in [5, 5.41) is 2.70. The van der Waals surface area contributed by atoms with E-state index in [1.165, 1.54) is 25.7 Å². The summed E-state index contributed by atoms with van der Waals surface area (Å²) < 4.78 is 5.71. The van der Waals surface area contributed by atoms with Crippen LogP contribution in [0.4, 0.5) is 0 Å². The van der Waals surface area contributed by atoms with Crippen LogP contribution in [-0.2, 0) is 14.3 Å². The van der Waals surface area contributed by atoms with Crippen molar-refractivity contribution < 1.29 is 14.3 Å². The lowest BCUT2D eigenvalue weighted by Gasteiger charge is -2.24. The lowest BCUT2D eigenvalue weighted by molar-refractivity contribution is -0.133. The van der Waals surface area contributed by atoms with Crippen molar-refractivity contribution in [2.24, 2.45) is 11.8 Å². The third kappa shape index (κ3) is 2.43. The van der Waals surface area contributed by atoms with Gasteiger partial charge in [0.05, 0.1) is 18.1 Å². The molecule has 0 radical (unpaired) electrons. The zero-order chi connectivity index (χ0) is 14.1. The van der Waals surface area contributed by atoms with Gasteiger partial charge in [0.15, 0.2) is 0 Å². The Labute approximate surface area is 120 Å². The molecule has 0 aromatic carbocycles. The van der Waals surface area contributed by atoms with Gasteiger partial charge in [-0.2, -0.15) is 0 Å². The Morgan fingerprint density at radius 2 is 2.00 bits per heavy atom. The predicted octanol–water partition coefficient (Wildman–Crippen LogP) is 0.929. The third-order valence-electron chi connectivity index (χ3n) is 5.14. The first-order valence-electron chi connectivity index (χ1n) is 7.83. The highest BCUT2D eigenvalue weighted by Crippen LogP contribution is 2.35. The summed E-state index contributed by atoms with van der Waals surface area (Å²) in [7, 11) is 1.65. The van der Waals surface area contributed by atoms with Crippen LogP contribution >= 0.6 is 0 Å². The van der Waals surface area contributed by atoms with Gasteiger partial charge >= 0.3 is 0 Å². The first-order valence-corrected chi connectivity index (χ1v) is 7.83. The van der Waals surface area contributed by atoms with Gasteiger partial charge in [0, 0.05) is 26.6 Å². The van der Waals surface area contributed by atoms with Gasteiger partial charge in [-0.25, -0.2) is 0 Å². The van der Waals surface area contributed by atoms with Crippen molar-refractivity contribution in [2.75, 3.05) is 20.2 Å². The van der Waals surface area contributed by atoms with E-state index in [2.05, 4.69) is 5.32 Å². The van der Waals surface area contributed by atoms with Crippen LogP contribution in [0.15, 0.2) is 0 Å². The van der Waals surface area contributed by atoms with E-state index in [-0.39, 0.29) is 29.9 Å². The Bertz CT molecular complexity index is 393. The predicted molar refractivity (Wildman–Crippen MR) is 74.0 cm³/mol. The van der Waals surface area contributed by atoms with E-state index in [4.69, 9.17) is 4.74 Å². The maximum atomic E-state index is 12.5. The van der Waals surface area contributed by atoms with Crippen molar-refractivity contribution in [3.8, 4) is 0 Å². The second-order valence-corrected chi connectivity index (χ2v) is 6.31. The van der Waals surface area contributed by atoms with E-state index >= 15 is 0 Å². The number of fused-ring (bicyclic) bond motifs is 1. The van der Waals surface area contributed by atoms with E-state index in [0.29, 0.717) is 25.5 Å². The summed E-state index contributed by atoms with van der Waals surface area (Å²) >= 11 is 0. The maximum Gasteiger partial charge on any atom is 0.227 e. The molecule has 2 aliphatic heterocycles. The number of nitrogens with zero attached hydrogens (tertiary/aromatic N) is 1. The number of hydrogen-bond donors (Lipinski definition) is 1. The lowest BCUT2D eigenvalue weighted by Crippen LogP contribution is -2.38. The quantitative estimate of drug-likeness (QED) is 0.836. The Balaban J connectivity index is 1.66. The number of carbonyl (C=O) groups excluding carboxylic acids is 2. The molecule has 0 aromatic heterocycles. The third-order valence-corrected chi connectivity index (χ3v) is 5.14. The summed E-state index contributed by atoms with van der Waals surface area (Å²) in [6.07, 6.45) is 6.31. The van der Waals surface area contributed by atoms with Crippen LogP contribution in [-0.4, -0.2) is 49.1 Å². The molecule has 112 valence electrons. The standard InChI is InChI=1S/C15H24N2O3/c1-16-15(19)11-9-17(12-6-7-20-14(11)12)13(18)8-10-4-2-3-5-10/h10-12,14H,2-9H2,1H3,(H,16,19)/t11-,12+,14+/m1/s1. The molecule has 5 nitrogen and oxygen atoms in total. The van der Waals surface area contributed by atoms with Crippen LogP contribution in [0.5, 0.6) is 0 Å². The van der Waals surface area contributed by atoms with E-state index in [9.17, 15) is 9.59 Å². The number of amides is 2. The molecule has 5 heteroatoms. The molecular weight excluding hydrogens is 256 g/mol. The molecule has 3 fully saturated rings. The maximum absolute atomic E-state index is 12.5. The number of hydrogen-bond acceptors (Lipinski definition) is 3. The van der Waals surface area contributed by atoms with E-state index in [0.717, 1.165) is 6.42 Å². The first-order chi connectivity index (χ1) is 9.70. The van der Waals surface area contributed by atoms with Crippen LogP contribution in [0, 0.1) is 11.8 Å². The molecule has 1 saturated carbocycles. The fourth-order valence-corrected chi connectivity index (χ4v) is 4.05. The minimum Gasteiger partial charge on any atom is -0.375 e. The molecule has 0 aromatic rings. The summed E-state index contributed by atoms with van der Waals surface area (Å²) in [4.78, 5) is 26.4. The number of rotatable bonds is 3. The molecule has 1 aliphatic carbocycles. The summed E-state index contributed by atoms with van der Waals surface area (Å²) in [6, 6.07) is 0.117. The minimum atomic E-state index is -0.194. The molecule has 20 heavy (non-hydrogen) atoms. The molecule has 2 heterocycles. The van der Waals surface area contributed by atoms with Crippen LogP contribution in [0.25, 0.3) is 0 Å². The van der Waals surface area contributed by atoms with Crippen molar-refractivity contribution in [1.29, 1.82) is 0 Å². The van der Waals surface area contributed by atoms with Gasteiger partial charge in [0.25, 0.3) is 0 Å². The van der Waals surface area contributed by atoms with Crippen molar-refractivity contribution in [3.05, 3.63) is 0 Å². The van der Waals surface area contributed by atoms with E-state index in [1.54, 1.807) is 7.05 Å². The van der Waals surface area contributed by atoms with E-state index in [1.807, 2.05) is 4.90 Å². The molecule has 3 rings (SSSR count). The second kappa shape index (κ2) is 5.72. The highest BCUT2D eigenvalue weighted by atomic mass is 16.5. The summed E-state index contributed by atoms with van der Waals surface area (Å²) in [6.45, 7) is 1.19. The Hall–Kier alpha value is -1.10. The molecule has 3 atom stereocenters. The molecule has 0 unspecified atom stereocenters. The molecule has 1 N–H and O–H groups in total. The molecule has 2 amide bonds. The van der Waals surface area contributed by atoms with E-state index < -0.39 is 0 Å². The summed E-state index contributed by atoms with van der Waals surface area (Å²) in [5.74, 6) is 0.587. The summed E-state index contributed by atoms with van der Waals surface area (Å²) in [5.41, 5.74) is 0. The van der Waals surface area contributed by atoms with Crippen LogP contribution in [0.2, 0.25) is 0 Å². The largest absolute Gasteiger partial charge is 0.375 e. The number of nitrogens with one attached hydrogen (secondary N) is 1. The van der Waals surface area contributed by atoms with Crippen LogP contribution in [0.1, 0.15) is 38.5 Å². The van der Waals surface area contributed by atoms with Gasteiger partial charge in [-0.3, -0.25) is 9.59 Å². The topological polar surface area (TPSA) is 58.6 Å². The van der Waals surface area contributed by atoms with Gasteiger partial charge in [-0.1, -0.05) is 12.8 Å². The monoisotopic (exact) mass is 280 g/mol. The average Bonchev–Trinajstić information content (AvgIpc) is 3.13. The number of likely N-dealkylation sites (tertiary alicyclic amines) is 1. The normalized spacial score (nSPS) is 33.5. The fourth-order valence-electron chi connectivity index (χ4n) is 4.05. The zero-order valence-electron chi connectivity index (χ0n) is 12.1. The minimum absolute atomic E-state index is 0.00179. The van der Waals surface area contributed by atoms with Crippen molar-refractivity contribution in [2.45, 2.75) is 50.7 Å². The smallest absolute Gasteiger partial charge is 0.227 e. The van der Waals surface area contributed by atoms with Gasteiger partial charge < -0.3 is 15.0 Å². The molecule has 3 aliphatic rings. The number of ether oxygens (including phenoxy) is 1. The van der Waals surface area contributed by atoms with Gasteiger partial charge in [-0.05, 0) is 25.2 Å². The van der Waals surface area contributed by atoms with Gasteiger partial charge in [0.2, 0.25) is 11.8 Å². The van der Waals surface area contributed by atoms with Crippen molar-refractivity contribution in [1.82, 2.24) is 10.2 Å². The lowest BCUT2D eigenvalue weighted by atomic mass is 10.0. The Kier molecular flexibility index (Phi) is 3.96. The zero-order valence-corrected chi connectivity index (χ0v) is 12.1. The Morgan fingerprint density at radius 3 is 2.70 bits per heavy atom. The van der Waals surface area contributed by atoms with Gasteiger partial charge in [0.1, 0.15) is 0 Å². The highest BCUT2D eigenvalue weighted by molar-refractivity contribution is 5.83. The van der Waals surface area contributed by atoms with Crippen molar-refractivity contribution in [3.63, 3.8) is 0 Å².